The predicted octanol–water partition coefficient (Wildman–Crippen LogP) is 0.285. The number of rotatable bonds is 7. The molecule has 0 bridgehead atoms. The number of aliphatic hydroxyl groups is 1. The molecule has 0 saturated heterocycles. The van der Waals surface area contributed by atoms with Crippen LogP contribution in [-0.2, 0) is 0 Å². The zero-order chi connectivity index (χ0) is 12.7. The molecule has 0 aliphatic rings. The van der Waals surface area contributed by atoms with Crippen molar-refractivity contribution in [3.63, 3.8) is 0 Å². The first kappa shape index (κ1) is 13.8. The Hall–Kier alpha value is -1.30. The van der Waals surface area contributed by atoms with E-state index >= 15 is 0 Å². The highest BCUT2D eigenvalue weighted by Gasteiger charge is 2.17. The van der Waals surface area contributed by atoms with Crippen molar-refractivity contribution < 1.29 is 14.6 Å². The molecule has 0 heterocycles. The van der Waals surface area contributed by atoms with Gasteiger partial charge in [-0.1, -0.05) is 12.1 Å². The molecule has 1 unspecified atom stereocenters. The summed E-state index contributed by atoms with van der Waals surface area (Å²) in [6.07, 6.45) is 0. The van der Waals surface area contributed by atoms with Gasteiger partial charge in [0, 0.05) is 24.7 Å². The minimum absolute atomic E-state index is 0.0628. The number of benzene rings is 1. The second-order valence-corrected chi connectivity index (χ2v) is 3.55. The molecule has 4 N–H and O–H groups in total. The number of nitrogens with one attached hydrogen (secondary N) is 1. The van der Waals surface area contributed by atoms with Crippen LogP contribution in [0, 0.1) is 0 Å². The second kappa shape index (κ2) is 7.11. The maximum absolute atomic E-state index is 8.83. The number of hydrogen-bond donors (Lipinski definition) is 3. The van der Waals surface area contributed by atoms with Crippen LogP contribution in [0.2, 0.25) is 0 Å². The maximum atomic E-state index is 8.83. The first-order chi connectivity index (χ1) is 8.28. The van der Waals surface area contributed by atoms with Gasteiger partial charge in [0.15, 0.2) is 11.5 Å². The van der Waals surface area contributed by atoms with Crippen LogP contribution in [0.5, 0.6) is 11.5 Å². The van der Waals surface area contributed by atoms with Crippen molar-refractivity contribution in [3.05, 3.63) is 23.8 Å². The van der Waals surface area contributed by atoms with Crippen molar-refractivity contribution in [1.82, 2.24) is 5.32 Å². The zero-order valence-electron chi connectivity index (χ0n) is 10.3. The third-order valence-corrected chi connectivity index (χ3v) is 2.55. The van der Waals surface area contributed by atoms with Crippen LogP contribution < -0.4 is 20.5 Å². The van der Waals surface area contributed by atoms with Gasteiger partial charge in [-0.15, -0.1) is 0 Å². The molecule has 0 fully saturated rings. The minimum Gasteiger partial charge on any atom is -0.493 e. The highest BCUT2D eigenvalue weighted by Crippen LogP contribution is 2.34. The standard InChI is InChI=1S/C12H20N2O3/c1-16-11-5-3-4-9(12(11)17-2)10(8-13)14-6-7-15/h3-5,10,14-15H,6-8,13H2,1-2H3. The van der Waals surface area contributed by atoms with E-state index in [0.29, 0.717) is 24.6 Å². The summed E-state index contributed by atoms with van der Waals surface area (Å²) in [6.45, 7) is 0.981. The van der Waals surface area contributed by atoms with E-state index in [-0.39, 0.29) is 12.6 Å². The Morgan fingerprint density at radius 1 is 1.35 bits per heavy atom. The highest BCUT2D eigenvalue weighted by molar-refractivity contribution is 5.48. The number of hydrogen-bond acceptors (Lipinski definition) is 5. The van der Waals surface area contributed by atoms with Gasteiger partial charge in [0.25, 0.3) is 0 Å². The van der Waals surface area contributed by atoms with Gasteiger partial charge >= 0.3 is 0 Å². The molecule has 0 aliphatic carbocycles. The number of para-hydroxylation sites is 1. The summed E-state index contributed by atoms with van der Waals surface area (Å²) in [5.74, 6) is 1.35. The normalized spacial score (nSPS) is 12.2. The molecular formula is C12H20N2O3. The molecule has 0 aliphatic heterocycles. The lowest BCUT2D eigenvalue weighted by molar-refractivity contribution is 0.283. The molecule has 0 spiro atoms. The van der Waals surface area contributed by atoms with E-state index in [4.69, 9.17) is 20.3 Å². The van der Waals surface area contributed by atoms with E-state index < -0.39 is 0 Å². The lowest BCUT2D eigenvalue weighted by Crippen LogP contribution is -2.30. The lowest BCUT2D eigenvalue weighted by atomic mass is 10.1. The van der Waals surface area contributed by atoms with E-state index in [0.717, 1.165) is 5.56 Å². The summed E-state index contributed by atoms with van der Waals surface area (Å²) in [6, 6.07) is 5.60. The molecule has 5 heteroatoms. The van der Waals surface area contributed by atoms with Crippen molar-refractivity contribution in [3.8, 4) is 11.5 Å². The number of nitrogens with two attached hydrogens (primary N) is 1. The van der Waals surface area contributed by atoms with Crippen LogP contribution in [0.1, 0.15) is 11.6 Å². The summed E-state index contributed by atoms with van der Waals surface area (Å²) >= 11 is 0. The molecule has 5 nitrogen and oxygen atoms in total. The van der Waals surface area contributed by atoms with E-state index in [2.05, 4.69) is 5.32 Å². The van der Waals surface area contributed by atoms with E-state index in [1.807, 2.05) is 18.2 Å². The fourth-order valence-corrected chi connectivity index (χ4v) is 1.75. The van der Waals surface area contributed by atoms with Crippen LogP contribution in [0.4, 0.5) is 0 Å². The van der Waals surface area contributed by atoms with E-state index in [1.54, 1.807) is 14.2 Å². The first-order valence-corrected chi connectivity index (χ1v) is 5.53. The Labute approximate surface area is 102 Å². The average molecular weight is 240 g/mol. The topological polar surface area (TPSA) is 76.7 Å². The van der Waals surface area contributed by atoms with Gasteiger partial charge in [-0.05, 0) is 6.07 Å². The molecule has 0 aromatic heterocycles. The van der Waals surface area contributed by atoms with Crippen molar-refractivity contribution in [2.45, 2.75) is 6.04 Å². The highest BCUT2D eigenvalue weighted by atomic mass is 16.5. The lowest BCUT2D eigenvalue weighted by Gasteiger charge is -2.20. The molecule has 96 valence electrons. The fourth-order valence-electron chi connectivity index (χ4n) is 1.75. The molecule has 1 atom stereocenters. The summed E-state index contributed by atoms with van der Waals surface area (Å²) in [5.41, 5.74) is 6.65. The van der Waals surface area contributed by atoms with Crippen molar-refractivity contribution >= 4 is 0 Å². The fraction of sp³-hybridized carbons (Fsp3) is 0.500. The van der Waals surface area contributed by atoms with E-state index in [9.17, 15) is 0 Å². The van der Waals surface area contributed by atoms with Gasteiger partial charge in [0.1, 0.15) is 0 Å². The van der Waals surface area contributed by atoms with Gasteiger partial charge in [0.05, 0.1) is 20.8 Å². The summed E-state index contributed by atoms with van der Waals surface area (Å²) in [5, 5.41) is 12.0. The Morgan fingerprint density at radius 2 is 2.12 bits per heavy atom. The van der Waals surface area contributed by atoms with Gasteiger partial charge in [-0.25, -0.2) is 0 Å². The molecule has 1 rings (SSSR count). The minimum atomic E-state index is -0.0628. The van der Waals surface area contributed by atoms with Crippen LogP contribution in [0.25, 0.3) is 0 Å². The predicted molar refractivity (Wildman–Crippen MR) is 66.4 cm³/mol. The summed E-state index contributed by atoms with van der Waals surface area (Å²) in [4.78, 5) is 0. The Kier molecular flexibility index (Phi) is 5.76. The Balaban J connectivity index is 3.00. The van der Waals surface area contributed by atoms with E-state index in [1.165, 1.54) is 0 Å². The molecule has 0 radical (unpaired) electrons. The largest absolute Gasteiger partial charge is 0.493 e. The third kappa shape index (κ3) is 3.33. The summed E-state index contributed by atoms with van der Waals surface area (Å²) in [7, 11) is 3.20. The number of methoxy groups -OCH3 is 2. The van der Waals surface area contributed by atoms with Crippen LogP contribution in [-0.4, -0.2) is 39.0 Å². The molecule has 0 amide bonds. The number of aliphatic hydroxyl groups excluding tert-OH is 1. The van der Waals surface area contributed by atoms with Crippen molar-refractivity contribution in [2.24, 2.45) is 5.73 Å². The monoisotopic (exact) mass is 240 g/mol. The van der Waals surface area contributed by atoms with Crippen molar-refractivity contribution in [2.75, 3.05) is 33.9 Å². The third-order valence-electron chi connectivity index (χ3n) is 2.55. The molecule has 0 saturated carbocycles. The molecule has 1 aromatic rings. The quantitative estimate of drug-likeness (QED) is 0.638. The van der Waals surface area contributed by atoms with Crippen LogP contribution in [0.15, 0.2) is 18.2 Å². The Morgan fingerprint density at radius 3 is 2.65 bits per heavy atom. The first-order valence-electron chi connectivity index (χ1n) is 5.53. The molecule has 17 heavy (non-hydrogen) atoms. The van der Waals surface area contributed by atoms with Gasteiger partial charge in [-0.2, -0.15) is 0 Å². The van der Waals surface area contributed by atoms with Gasteiger partial charge in [0.2, 0.25) is 0 Å². The molecule has 1 aromatic carbocycles. The van der Waals surface area contributed by atoms with Crippen LogP contribution >= 0.6 is 0 Å². The van der Waals surface area contributed by atoms with Gasteiger partial charge < -0.3 is 25.6 Å². The molecular weight excluding hydrogens is 220 g/mol. The Bertz CT molecular complexity index is 345. The summed E-state index contributed by atoms with van der Waals surface area (Å²) < 4.78 is 10.6. The van der Waals surface area contributed by atoms with Crippen LogP contribution in [0.3, 0.4) is 0 Å². The smallest absolute Gasteiger partial charge is 0.165 e. The maximum Gasteiger partial charge on any atom is 0.165 e. The second-order valence-electron chi connectivity index (χ2n) is 3.55. The zero-order valence-corrected chi connectivity index (χ0v) is 10.3. The average Bonchev–Trinajstić information content (AvgIpc) is 2.39. The van der Waals surface area contributed by atoms with Crippen molar-refractivity contribution in [1.29, 1.82) is 0 Å². The van der Waals surface area contributed by atoms with Gasteiger partial charge in [-0.3, -0.25) is 0 Å². The SMILES string of the molecule is COc1cccc(C(CN)NCCO)c1OC. The number of ether oxygens (including phenoxy) is 2.